The van der Waals surface area contributed by atoms with E-state index >= 15 is 0 Å². The zero-order valence-electron chi connectivity index (χ0n) is 5.78. The minimum atomic E-state index is -0.177. The van der Waals surface area contributed by atoms with Crippen molar-refractivity contribution in [2.45, 2.75) is 6.42 Å². The summed E-state index contributed by atoms with van der Waals surface area (Å²) in [7, 11) is 0. The van der Waals surface area contributed by atoms with E-state index in [1.807, 2.05) is 0 Å². The second-order valence-corrected chi connectivity index (χ2v) is 3.82. The van der Waals surface area contributed by atoms with Gasteiger partial charge in [0, 0.05) is 9.80 Å². The van der Waals surface area contributed by atoms with Crippen molar-refractivity contribution in [2.75, 3.05) is 5.33 Å². The highest BCUT2D eigenvalue weighted by molar-refractivity contribution is 9.10. The summed E-state index contributed by atoms with van der Waals surface area (Å²) in [5.41, 5.74) is 1.00. The van der Waals surface area contributed by atoms with Crippen LogP contribution in [0.4, 0.5) is 4.39 Å². The van der Waals surface area contributed by atoms with Crippen molar-refractivity contribution in [3.63, 3.8) is 0 Å². The van der Waals surface area contributed by atoms with E-state index in [9.17, 15) is 4.39 Å². The number of hydrogen-bond acceptors (Lipinski definition) is 0. The Bertz CT molecular complexity index is 248. The summed E-state index contributed by atoms with van der Waals surface area (Å²) >= 11 is 6.65. The fourth-order valence-corrected chi connectivity index (χ4v) is 1.71. The van der Waals surface area contributed by atoms with Crippen molar-refractivity contribution >= 4 is 31.9 Å². The molecule has 0 bridgehead atoms. The molecule has 1 aromatic rings. The molecule has 0 saturated heterocycles. The molecular formula is C8H7Br2F. The molecule has 11 heavy (non-hydrogen) atoms. The minimum Gasteiger partial charge on any atom is -0.207 e. The lowest BCUT2D eigenvalue weighted by molar-refractivity contribution is 0.625. The first-order valence-corrected chi connectivity index (χ1v) is 5.15. The molecule has 3 heteroatoms. The topological polar surface area (TPSA) is 0 Å². The molecule has 0 fully saturated rings. The molecular weight excluding hydrogens is 275 g/mol. The Morgan fingerprint density at radius 1 is 1.36 bits per heavy atom. The molecule has 0 aliphatic rings. The molecule has 0 amide bonds. The SMILES string of the molecule is Fc1ccc(Br)c(CCBr)c1. The van der Waals surface area contributed by atoms with Gasteiger partial charge in [-0.15, -0.1) is 0 Å². The van der Waals surface area contributed by atoms with Crippen LogP contribution in [0.25, 0.3) is 0 Å². The predicted octanol–water partition coefficient (Wildman–Crippen LogP) is 3.53. The molecule has 0 aliphatic carbocycles. The molecule has 0 aromatic heterocycles. The van der Waals surface area contributed by atoms with E-state index in [1.54, 1.807) is 12.1 Å². The van der Waals surface area contributed by atoms with E-state index in [1.165, 1.54) is 6.07 Å². The molecule has 0 radical (unpaired) electrons. The number of hydrogen-bond donors (Lipinski definition) is 0. The molecule has 0 heterocycles. The first kappa shape index (κ1) is 9.20. The van der Waals surface area contributed by atoms with Crippen molar-refractivity contribution in [2.24, 2.45) is 0 Å². The zero-order chi connectivity index (χ0) is 8.27. The van der Waals surface area contributed by atoms with Crippen molar-refractivity contribution in [1.29, 1.82) is 0 Å². The highest BCUT2D eigenvalue weighted by atomic mass is 79.9. The third kappa shape index (κ3) is 2.56. The summed E-state index contributed by atoms with van der Waals surface area (Å²) in [6.07, 6.45) is 0.846. The van der Waals surface area contributed by atoms with Crippen LogP contribution < -0.4 is 0 Å². The largest absolute Gasteiger partial charge is 0.207 e. The number of rotatable bonds is 2. The Morgan fingerprint density at radius 2 is 2.09 bits per heavy atom. The average molecular weight is 282 g/mol. The van der Waals surface area contributed by atoms with E-state index in [-0.39, 0.29) is 5.82 Å². The Morgan fingerprint density at radius 3 is 2.73 bits per heavy atom. The zero-order valence-corrected chi connectivity index (χ0v) is 8.95. The minimum absolute atomic E-state index is 0.177. The van der Waals surface area contributed by atoms with Crippen LogP contribution in [0.3, 0.4) is 0 Å². The van der Waals surface area contributed by atoms with E-state index in [0.717, 1.165) is 21.8 Å². The van der Waals surface area contributed by atoms with Crippen LogP contribution in [0.2, 0.25) is 0 Å². The lowest BCUT2D eigenvalue weighted by Crippen LogP contribution is -1.88. The summed E-state index contributed by atoms with van der Waals surface area (Å²) in [6, 6.07) is 4.72. The van der Waals surface area contributed by atoms with Crippen molar-refractivity contribution < 1.29 is 4.39 Å². The summed E-state index contributed by atoms with van der Waals surface area (Å²) in [6.45, 7) is 0. The van der Waals surface area contributed by atoms with Crippen LogP contribution in [0.1, 0.15) is 5.56 Å². The Balaban J connectivity index is 2.93. The second-order valence-electron chi connectivity index (χ2n) is 2.17. The van der Waals surface area contributed by atoms with E-state index in [0.29, 0.717) is 0 Å². The van der Waals surface area contributed by atoms with Crippen molar-refractivity contribution in [3.05, 3.63) is 34.1 Å². The molecule has 60 valence electrons. The third-order valence-electron chi connectivity index (χ3n) is 1.37. The van der Waals surface area contributed by atoms with Gasteiger partial charge in [-0.25, -0.2) is 4.39 Å². The average Bonchev–Trinajstić information content (AvgIpc) is 1.98. The van der Waals surface area contributed by atoms with Crippen LogP contribution in [0.15, 0.2) is 22.7 Å². The molecule has 0 unspecified atom stereocenters. The molecule has 0 N–H and O–H groups in total. The predicted molar refractivity (Wildman–Crippen MR) is 51.6 cm³/mol. The van der Waals surface area contributed by atoms with Gasteiger partial charge in [0.1, 0.15) is 5.82 Å². The van der Waals surface area contributed by atoms with Gasteiger partial charge in [0.05, 0.1) is 0 Å². The summed E-state index contributed by atoms with van der Waals surface area (Å²) in [4.78, 5) is 0. The molecule has 1 aromatic carbocycles. The second kappa shape index (κ2) is 4.21. The van der Waals surface area contributed by atoms with Gasteiger partial charge in [0.15, 0.2) is 0 Å². The molecule has 0 nitrogen and oxygen atoms in total. The molecule has 0 aliphatic heterocycles. The number of aryl methyl sites for hydroxylation is 1. The monoisotopic (exact) mass is 280 g/mol. The smallest absolute Gasteiger partial charge is 0.123 e. The van der Waals surface area contributed by atoms with Crippen LogP contribution in [-0.2, 0) is 6.42 Å². The Kier molecular flexibility index (Phi) is 3.52. The molecule has 0 saturated carbocycles. The van der Waals surface area contributed by atoms with E-state index in [4.69, 9.17) is 0 Å². The highest BCUT2D eigenvalue weighted by Crippen LogP contribution is 2.18. The van der Waals surface area contributed by atoms with Crippen molar-refractivity contribution in [3.8, 4) is 0 Å². The molecule has 0 spiro atoms. The summed E-state index contributed by atoms with van der Waals surface area (Å²) in [5, 5.41) is 0.856. The van der Waals surface area contributed by atoms with Gasteiger partial charge in [-0.05, 0) is 30.2 Å². The van der Waals surface area contributed by atoms with Crippen LogP contribution in [0.5, 0.6) is 0 Å². The Labute approximate surface area is 82.1 Å². The van der Waals surface area contributed by atoms with Crippen LogP contribution in [-0.4, -0.2) is 5.33 Å². The van der Waals surface area contributed by atoms with Crippen LogP contribution >= 0.6 is 31.9 Å². The van der Waals surface area contributed by atoms with Crippen molar-refractivity contribution in [1.82, 2.24) is 0 Å². The normalized spacial score (nSPS) is 10.1. The van der Waals surface area contributed by atoms with Gasteiger partial charge in [-0.3, -0.25) is 0 Å². The number of halogens is 3. The fourth-order valence-electron chi connectivity index (χ4n) is 0.837. The molecule has 0 atom stereocenters. The van der Waals surface area contributed by atoms with Crippen LogP contribution in [0, 0.1) is 5.82 Å². The summed E-state index contributed by atoms with van der Waals surface area (Å²) < 4.78 is 13.6. The highest BCUT2D eigenvalue weighted by Gasteiger charge is 1.99. The van der Waals surface area contributed by atoms with Gasteiger partial charge in [-0.1, -0.05) is 31.9 Å². The maximum atomic E-state index is 12.6. The number of benzene rings is 1. The summed E-state index contributed by atoms with van der Waals surface area (Å²) in [5.74, 6) is -0.177. The first-order valence-electron chi connectivity index (χ1n) is 3.24. The van der Waals surface area contributed by atoms with Gasteiger partial charge in [-0.2, -0.15) is 0 Å². The van der Waals surface area contributed by atoms with Gasteiger partial charge in [0.2, 0.25) is 0 Å². The lowest BCUT2D eigenvalue weighted by Gasteiger charge is -2.00. The maximum Gasteiger partial charge on any atom is 0.123 e. The fraction of sp³-hybridized carbons (Fsp3) is 0.250. The quantitative estimate of drug-likeness (QED) is 0.728. The van der Waals surface area contributed by atoms with Gasteiger partial charge in [0.25, 0.3) is 0 Å². The number of alkyl halides is 1. The van der Waals surface area contributed by atoms with E-state index < -0.39 is 0 Å². The van der Waals surface area contributed by atoms with Gasteiger partial charge >= 0.3 is 0 Å². The first-order chi connectivity index (χ1) is 5.24. The molecule has 1 rings (SSSR count). The van der Waals surface area contributed by atoms with Gasteiger partial charge < -0.3 is 0 Å². The van der Waals surface area contributed by atoms with E-state index in [2.05, 4.69) is 31.9 Å². The maximum absolute atomic E-state index is 12.6. The third-order valence-corrected chi connectivity index (χ3v) is 2.54. The Hall–Kier alpha value is 0.110. The lowest BCUT2D eigenvalue weighted by atomic mass is 10.2. The standard InChI is InChI=1S/C8H7Br2F/c9-4-3-6-5-7(11)1-2-8(6)10/h1-2,5H,3-4H2.